The number of para-hydroxylation sites is 1. The fourth-order valence-corrected chi connectivity index (χ4v) is 2.19. The van der Waals surface area contributed by atoms with Crippen LogP contribution in [0.2, 0.25) is 0 Å². The lowest BCUT2D eigenvalue weighted by Crippen LogP contribution is -2.37. The number of benzene rings is 1. The third-order valence-electron chi connectivity index (χ3n) is 3.34. The minimum absolute atomic E-state index is 0.124. The second-order valence-corrected chi connectivity index (χ2v) is 4.79. The Morgan fingerprint density at radius 3 is 2.77 bits per heavy atom. The SMILES string of the molecule is O=C(Nc1ccccc1F)c1cc(N2CCOCC2)ncn1. The predicted molar refractivity (Wildman–Crippen MR) is 79.4 cm³/mol. The van der Waals surface area contributed by atoms with E-state index in [0.29, 0.717) is 32.1 Å². The van der Waals surface area contributed by atoms with Gasteiger partial charge in [0.1, 0.15) is 23.7 Å². The lowest BCUT2D eigenvalue weighted by molar-refractivity contribution is 0.102. The third-order valence-corrected chi connectivity index (χ3v) is 3.34. The summed E-state index contributed by atoms with van der Waals surface area (Å²) in [5.41, 5.74) is 0.318. The molecule has 7 heteroatoms. The van der Waals surface area contributed by atoms with E-state index in [0.717, 1.165) is 0 Å². The van der Waals surface area contributed by atoms with Gasteiger partial charge in [-0.25, -0.2) is 14.4 Å². The zero-order chi connectivity index (χ0) is 15.4. The summed E-state index contributed by atoms with van der Waals surface area (Å²) in [7, 11) is 0. The highest BCUT2D eigenvalue weighted by molar-refractivity contribution is 6.03. The van der Waals surface area contributed by atoms with E-state index < -0.39 is 11.7 Å². The van der Waals surface area contributed by atoms with Crippen LogP contribution >= 0.6 is 0 Å². The van der Waals surface area contributed by atoms with Crippen LogP contribution in [0.4, 0.5) is 15.9 Å². The summed E-state index contributed by atoms with van der Waals surface area (Å²) < 4.78 is 18.9. The first-order chi connectivity index (χ1) is 10.7. The first kappa shape index (κ1) is 14.4. The number of carbonyl (C=O) groups excluding carboxylic acids is 1. The van der Waals surface area contributed by atoms with Crippen LogP contribution in [0.15, 0.2) is 36.7 Å². The number of carbonyl (C=O) groups is 1. The molecule has 22 heavy (non-hydrogen) atoms. The highest BCUT2D eigenvalue weighted by atomic mass is 19.1. The molecule has 1 aromatic heterocycles. The third kappa shape index (κ3) is 3.20. The summed E-state index contributed by atoms with van der Waals surface area (Å²) in [4.78, 5) is 22.3. The van der Waals surface area contributed by atoms with E-state index in [1.807, 2.05) is 4.90 Å². The number of ether oxygens (including phenoxy) is 1. The number of anilines is 2. The van der Waals surface area contributed by atoms with E-state index >= 15 is 0 Å². The Balaban J connectivity index is 1.76. The van der Waals surface area contributed by atoms with Crippen molar-refractivity contribution in [1.82, 2.24) is 9.97 Å². The molecule has 1 fully saturated rings. The van der Waals surface area contributed by atoms with Gasteiger partial charge in [-0.3, -0.25) is 4.79 Å². The zero-order valence-electron chi connectivity index (χ0n) is 11.8. The maximum Gasteiger partial charge on any atom is 0.274 e. The van der Waals surface area contributed by atoms with Gasteiger partial charge in [0.25, 0.3) is 5.91 Å². The number of nitrogens with zero attached hydrogens (tertiary/aromatic N) is 3. The van der Waals surface area contributed by atoms with Crippen LogP contribution in [0, 0.1) is 5.82 Å². The minimum Gasteiger partial charge on any atom is -0.378 e. The maximum atomic E-state index is 13.6. The molecule has 1 N–H and O–H groups in total. The fraction of sp³-hybridized carbons (Fsp3) is 0.267. The van der Waals surface area contributed by atoms with Crippen molar-refractivity contribution >= 4 is 17.4 Å². The number of amides is 1. The van der Waals surface area contributed by atoms with E-state index in [-0.39, 0.29) is 11.4 Å². The largest absolute Gasteiger partial charge is 0.378 e. The van der Waals surface area contributed by atoms with E-state index in [4.69, 9.17) is 4.74 Å². The van der Waals surface area contributed by atoms with Crippen molar-refractivity contribution in [2.75, 3.05) is 36.5 Å². The van der Waals surface area contributed by atoms with Gasteiger partial charge in [-0.15, -0.1) is 0 Å². The van der Waals surface area contributed by atoms with Gasteiger partial charge in [-0.05, 0) is 12.1 Å². The van der Waals surface area contributed by atoms with Crippen molar-refractivity contribution in [3.05, 3.63) is 48.2 Å². The van der Waals surface area contributed by atoms with Gasteiger partial charge in [-0.2, -0.15) is 0 Å². The van der Waals surface area contributed by atoms with Crippen LogP contribution < -0.4 is 10.2 Å². The van der Waals surface area contributed by atoms with Crippen molar-refractivity contribution in [3.8, 4) is 0 Å². The number of morpholine rings is 1. The molecule has 1 aliphatic heterocycles. The minimum atomic E-state index is -0.488. The number of rotatable bonds is 3. The molecule has 3 rings (SSSR count). The Labute approximate surface area is 126 Å². The molecule has 1 aromatic carbocycles. The Hall–Kier alpha value is -2.54. The van der Waals surface area contributed by atoms with Crippen LogP contribution in [0.1, 0.15) is 10.5 Å². The summed E-state index contributed by atoms with van der Waals surface area (Å²) >= 11 is 0. The molecule has 0 spiro atoms. The molecule has 0 aliphatic carbocycles. The Morgan fingerprint density at radius 1 is 1.23 bits per heavy atom. The number of halogens is 1. The molecule has 0 atom stereocenters. The first-order valence-corrected chi connectivity index (χ1v) is 6.94. The van der Waals surface area contributed by atoms with Gasteiger partial charge in [0.2, 0.25) is 0 Å². The molecule has 1 amide bonds. The molecular weight excluding hydrogens is 287 g/mol. The van der Waals surface area contributed by atoms with Gasteiger partial charge in [0, 0.05) is 19.2 Å². The molecule has 6 nitrogen and oxygen atoms in total. The number of aromatic nitrogens is 2. The molecule has 0 radical (unpaired) electrons. The lowest BCUT2D eigenvalue weighted by Gasteiger charge is -2.27. The molecule has 114 valence electrons. The lowest BCUT2D eigenvalue weighted by atomic mass is 10.3. The van der Waals surface area contributed by atoms with E-state index in [9.17, 15) is 9.18 Å². The quantitative estimate of drug-likeness (QED) is 0.935. The smallest absolute Gasteiger partial charge is 0.274 e. The molecule has 0 bridgehead atoms. The van der Waals surface area contributed by atoms with Crippen LogP contribution in [0.25, 0.3) is 0 Å². The van der Waals surface area contributed by atoms with Gasteiger partial charge < -0.3 is 15.0 Å². The van der Waals surface area contributed by atoms with Gasteiger partial charge >= 0.3 is 0 Å². The summed E-state index contributed by atoms with van der Waals surface area (Å²) in [6.45, 7) is 2.68. The standard InChI is InChI=1S/C15H15FN4O2/c16-11-3-1-2-4-12(11)19-15(21)13-9-14(18-10-17-13)20-5-7-22-8-6-20/h1-4,9-10H,5-8H2,(H,19,21). The van der Waals surface area contributed by atoms with E-state index in [1.54, 1.807) is 18.2 Å². The van der Waals surface area contributed by atoms with Gasteiger partial charge in [0.15, 0.2) is 0 Å². The summed E-state index contributed by atoms with van der Waals surface area (Å²) in [5.74, 6) is -0.294. The summed E-state index contributed by atoms with van der Waals surface area (Å²) in [6.07, 6.45) is 1.33. The van der Waals surface area contributed by atoms with Crippen LogP contribution in [-0.2, 0) is 4.74 Å². The second kappa shape index (κ2) is 6.48. The van der Waals surface area contributed by atoms with Crippen LogP contribution in [-0.4, -0.2) is 42.2 Å². The molecule has 0 unspecified atom stereocenters. The van der Waals surface area contributed by atoms with Gasteiger partial charge in [0.05, 0.1) is 18.9 Å². The van der Waals surface area contributed by atoms with Crippen molar-refractivity contribution in [3.63, 3.8) is 0 Å². The molecular formula is C15H15FN4O2. The Kier molecular flexibility index (Phi) is 4.24. The first-order valence-electron chi connectivity index (χ1n) is 6.94. The fourth-order valence-electron chi connectivity index (χ4n) is 2.19. The van der Waals surface area contributed by atoms with Gasteiger partial charge in [-0.1, -0.05) is 12.1 Å². The van der Waals surface area contributed by atoms with Crippen molar-refractivity contribution in [2.24, 2.45) is 0 Å². The second-order valence-electron chi connectivity index (χ2n) is 4.79. The zero-order valence-corrected chi connectivity index (χ0v) is 11.8. The molecule has 0 saturated carbocycles. The number of nitrogens with one attached hydrogen (secondary N) is 1. The Morgan fingerprint density at radius 2 is 2.00 bits per heavy atom. The molecule has 2 heterocycles. The number of hydrogen-bond acceptors (Lipinski definition) is 5. The highest BCUT2D eigenvalue weighted by Gasteiger charge is 2.16. The van der Waals surface area contributed by atoms with Crippen molar-refractivity contribution in [2.45, 2.75) is 0 Å². The van der Waals surface area contributed by atoms with E-state index in [1.165, 1.54) is 18.5 Å². The average molecular weight is 302 g/mol. The molecule has 1 saturated heterocycles. The normalized spacial score (nSPS) is 14.7. The summed E-state index contributed by atoms with van der Waals surface area (Å²) in [6, 6.07) is 7.59. The number of hydrogen-bond donors (Lipinski definition) is 1. The Bertz CT molecular complexity index is 674. The molecule has 1 aliphatic rings. The topological polar surface area (TPSA) is 67.4 Å². The summed E-state index contributed by atoms with van der Waals surface area (Å²) in [5, 5.41) is 2.51. The predicted octanol–water partition coefficient (Wildman–Crippen LogP) is 1.70. The van der Waals surface area contributed by atoms with Crippen molar-refractivity contribution in [1.29, 1.82) is 0 Å². The van der Waals surface area contributed by atoms with Crippen molar-refractivity contribution < 1.29 is 13.9 Å². The average Bonchev–Trinajstić information content (AvgIpc) is 2.58. The monoisotopic (exact) mass is 302 g/mol. The van der Waals surface area contributed by atoms with E-state index in [2.05, 4.69) is 15.3 Å². The van der Waals surface area contributed by atoms with Crippen LogP contribution in [0.3, 0.4) is 0 Å². The highest BCUT2D eigenvalue weighted by Crippen LogP contribution is 2.16. The molecule has 2 aromatic rings. The van der Waals surface area contributed by atoms with Crippen LogP contribution in [0.5, 0.6) is 0 Å². The maximum absolute atomic E-state index is 13.6.